The molecule has 6 nitrogen and oxygen atoms in total. The van der Waals surface area contributed by atoms with Crippen molar-refractivity contribution in [3.8, 4) is 0 Å². The van der Waals surface area contributed by atoms with Gasteiger partial charge in [-0.15, -0.1) is 0 Å². The molecule has 0 aromatic carbocycles. The van der Waals surface area contributed by atoms with Crippen LogP contribution in [0, 0.1) is 12.3 Å². The number of alkyl halides is 3. The van der Waals surface area contributed by atoms with E-state index in [4.69, 9.17) is 0 Å². The van der Waals surface area contributed by atoms with Gasteiger partial charge in [-0.25, -0.2) is 0 Å². The second-order valence-corrected chi connectivity index (χ2v) is 7.61. The zero-order valence-electron chi connectivity index (χ0n) is 15.3. The third-order valence-corrected chi connectivity index (χ3v) is 5.30. The van der Waals surface area contributed by atoms with Gasteiger partial charge in [-0.3, -0.25) is 19.6 Å². The average Bonchev–Trinajstić information content (AvgIpc) is 2.59. The molecule has 2 amide bonds. The molecule has 9 heteroatoms. The van der Waals surface area contributed by atoms with Crippen LogP contribution in [0.1, 0.15) is 43.5 Å². The molecule has 2 fully saturated rings. The van der Waals surface area contributed by atoms with Crippen molar-refractivity contribution in [2.24, 2.45) is 5.41 Å². The molecule has 0 N–H and O–H groups in total. The quantitative estimate of drug-likeness (QED) is 0.803. The third-order valence-electron chi connectivity index (χ3n) is 5.30. The molecule has 148 valence electrons. The number of carbonyl (C=O) groups excluding carboxylic acids is 2. The lowest BCUT2D eigenvalue weighted by Gasteiger charge is -2.48. The molecule has 0 radical (unpaired) electrons. The highest BCUT2D eigenvalue weighted by Crippen LogP contribution is 2.39. The van der Waals surface area contributed by atoms with Gasteiger partial charge >= 0.3 is 6.18 Å². The van der Waals surface area contributed by atoms with Crippen molar-refractivity contribution in [2.45, 2.75) is 51.7 Å². The summed E-state index contributed by atoms with van der Waals surface area (Å²) in [6.07, 6.45) is -0.285. The van der Waals surface area contributed by atoms with E-state index in [9.17, 15) is 22.8 Å². The van der Waals surface area contributed by atoms with Gasteiger partial charge in [0.25, 0.3) is 0 Å². The molecule has 0 aliphatic carbocycles. The topological polar surface area (TPSA) is 66.4 Å². The number of likely N-dealkylation sites (tertiary alicyclic amines) is 2. The maximum Gasteiger partial charge on any atom is 0.397 e. The lowest BCUT2D eigenvalue weighted by Crippen LogP contribution is -2.55. The molecule has 3 rings (SSSR count). The van der Waals surface area contributed by atoms with Crippen molar-refractivity contribution in [3.05, 3.63) is 23.8 Å². The van der Waals surface area contributed by atoms with E-state index in [2.05, 4.69) is 9.97 Å². The molecule has 0 saturated carbocycles. The van der Waals surface area contributed by atoms with Crippen LogP contribution >= 0.6 is 0 Å². The van der Waals surface area contributed by atoms with Gasteiger partial charge in [0.2, 0.25) is 11.8 Å². The summed E-state index contributed by atoms with van der Waals surface area (Å²) in [5.41, 5.74) is 1.11. The molecule has 2 saturated heterocycles. The monoisotopic (exact) mass is 384 g/mol. The second-order valence-electron chi connectivity index (χ2n) is 7.61. The van der Waals surface area contributed by atoms with Crippen LogP contribution in [0.5, 0.6) is 0 Å². The van der Waals surface area contributed by atoms with Gasteiger partial charge in [0.05, 0.1) is 24.1 Å². The Morgan fingerprint density at radius 2 is 2.00 bits per heavy atom. The van der Waals surface area contributed by atoms with Crippen LogP contribution in [0.3, 0.4) is 0 Å². The zero-order chi connectivity index (χ0) is 19.7. The minimum absolute atomic E-state index is 0.00161. The smallest absolute Gasteiger partial charge is 0.342 e. The first-order valence-electron chi connectivity index (χ1n) is 9.06. The van der Waals surface area contributed by atoms with Gasteiger partial charge < -0.3 is 9.80 Å². The average molecular weight is 384 g/mol. The Kier molecular flexibility index (Phi) is 5.39. The van der Waals surface area contributed by atoms with Crippen LogP contribution in [0.2, 0.25) is 0 Å². The van der Waals surface area contributed by atoms with Gasteiger partial charge in [0.15, 0.2) is 0 Å². The van der Waals surface area contributed by atoms with Crippen molar-refractivity contribution >= 4 is 11.8 Å². The number of aryl methyl sites for hydroxylation is 1. The number of aromatic nitrogens is 2. The molecule has 2 aliphatic heterocycles. The van der Waals surface area contributed by atoms with Gasteiger partial charge in [-0.2, -0.15) is 13.2 Å². The third kappa shape index (κ3) is 4.95. The Bertz CT molecular complexity index is 708. The number of rotatable bonds is 3. The summed E-state index contributed by atoms with van der Waals surface area (Å²) in [4.78, 5) is 35.8. The standard InChI is InChI=1S/C18H23F3N4O2/c1-13-8-23-14(9-22-13)10-25-12-17(5-3-15(25)26)4-2-6-24(11-17)16(27)7-18(19,20)21/h8-9H,2-7,10-12H2,1H3/t17-/m0/s1. The number of halogens is 3. The van der Waals surface area contributed by atoms with Gasteiger partial charge in [-0.05, 0) is 26.2 Å². The van der Waals surface area contributed by atoms with Crippen molar-refractivity contribution in [2.75, 3.05) is 19.6 Å². The summed E-state index contributed by atoms with van der Waals surface area (Å²) in [5.74, 6) is -0.879. The summed E-state index contributed by atoms with van der Waals surface area (Å²) in [6.45, 7) is 3.19. The van der Waals surface area contributed by atoms with Crippen LogP contribution < -0.4 is 0 Å². The van der Waals surface area contributed by atoms with Crippen LogP contribution in [-0.4, -0.2) is 57.4 Å². The van der Waals surface area contributed by atoms with E-state index >= 15 is 0 Å². The van der Waals surface area contributed by atoms with Gasteiger partial charge in [-0.1, -0.05) is 0 Å². The molecular weight excluding hydrogens is 361 g/mol. The molecule has 1 atom stereocenters. The van der Waals surface area contributed by atoms with E-state index in [1.165, 1.54) is 4.90 Å². The van der Waals surface area contributed by atoms with Crippen LogP contribution in [0.25, 0.3) is 0 Å². The number of piperidine rings is 2. The predicted molar refractivity (Wildman–Crippen MR) is 90.3 cm³/mol. The lowest BCUT2D eigenvalue weighted by molar-refractivity contribution is -0.164. The van der Waals surface area contributed by atoms with Crippen molar-refractivity contribution in [1.29, 1.82) is 0 Å². The second kappa shape index (κ2) is 7.44. The number of nitrogens with zero attached hydrogens (tertiary/aromatic N) is 4. The molecule has 0 unspecified atom stereocenters. The Morgan fingerprint density at radius 3 is 2.67 bits per heavy atom. The Morgan fingerprint density at radius 1 is 1.22 bits per heavy atom. The zero-order valence-corrected chi connectivity index (χ0v) is 15.3. The summed E-state index contributed by atoms with van der Waals surface area (Å²) in [6, 6.07) is 0. The van der Waals surface area contributed by atoms with E-state index in [0.717, 1.165) is 12.1 Å². The van der Waals surface area contributed by atoms with E-state index in [0.29, 0.717) is 44.6 Å². The SMILES string of the molecule is Cc1cnc(CN2C[C@@]3(CCCN(C(=O)CC(F)(F)F)C3)CCC2=O)cn1. The number of amides is 2. The number of hydrogen-bond acceptors (Lipinski definition) is 4. The van der Waals surface area contributed by atoms with E-state index in [1.54, 1.807) is 17.3 Å². The van der Waals surface area contributed by atoms with Gasteiger partial charge in [0, 0.05) is 37.7 Å². The molecule has 2 aliphatic rings. The van der Waals surface area contributed by atoms with E-state index < -0.39 is 18.5 Å². The van der Waals surface area contributed by atoms with Crippen LogP contribution in [0.15, 0.2) is 12.4 Å². The highest BCUT2D eigenvalue weighted by atomic mass is 19.4. The maximum absolute atomic E-state index is 12.6. The van der Waals surface area contributed by atoms with Gasteiger partial charge in [0.1, 0.15) is 6.42 Å². The Labute approximate surface area is 155 Å². The Hall–Kier alpha value is -2.19. The molecule has 1 aromatic rings. The Balaban J connectivity index is 1.68. The number of carbonyl (C=O) groups is 2. The molecule has 27 heavy (non-hydrogen) atoms. The van der Waals surface area contributed by atoms with Crippen molar-refractivity contribution in [3.63, 3.8) is 0 Å². The van der Waals surface area contributed by atoms with Crippen LogP contribution in [0.4, 0.5) is 13.2 Å². The fraction of sp³-hybridized carbons (Fsp3) is 0.667. The molecular formula is C18H23F3N4O2. The highest BCUT2D eigenvalue weighted by molar-refractivity contribution is 5.78. The summed E-state index contributed by atoms with van der Waals surface area (Å²) < 4.78 is 37.7. The first-order chi connectivity index (χ1) is 12.7. The summed E-state index contributed by atoms with van der Waals surface area (Å²) >= 11 is 0. The lowest BCUT2D eigenvalue weighted by atomic mass is 9.73. The van der Waals surface area contributed by atoms with E-state index in [1.807, 2.05) is 6.92 Å². The van der Waals surface area contributed by atoms with E-state index in [-0.39, 0.29) is 17.9 Å². The first-order valence-corrected chi connectivity index (χ1v) is 9.06. The highest BCUT2D eigenvalue weighted by Gasteiger charge is 2.44. The molecule has 3 heterocycles. The predicted octanol–water partition coefficient (Wildman–Crippen LogP) is 2.47. The summed E-state index contributed by atoms with van der Waals surface area (Å²) in [7, 11) is 0. The van der Waals surface area contributed by atoms with Crippen molar-refractivity contribution in [1.82, 2.24) is 19.8 Å². The minimum Gasteiger partial charge on any atom is -0.342 e. The fourth-order valence-electron chi connectivity index (χ4n) is 3.98. The maximum atomic E-state index is 12.6. The largest absolute Gasteiger partial charge is 0.397 e. The minimum atomic E-state index is -4.50. The fourth-order valence-corrected chi connectivity index (χ4v) is 3.98. The molecule has 1 aromatic heterocycles. The number of hydrogen-bond donors (Lipinski definition) is 0. The normalized spacial score (nSPS) is 23.8. The van der Waals surface area contributed by atoms with Crippen molar-refractivity contribution < 1.29 is 22.8 Å². The molecule has 0 bridgehead atoms. The van der Waals surface area contributed by atoms with Crippen LogP contribution in [-0.2, 0) is 16.1 Å². The summed E-state index contributed by atoms with van der Waals surface area (Å²) in [5, 5.41) is 0. The first kappa shape index (κ1) is 19.6. The molecule has 1 spiro atoms.